The van der Waals surface area contributed by atoms with Crippen molar-refractivity contribution in [3.05, 3.63) is 114 Å². The van der Waals surface area contributed by atoms with Crippen molar-refractivity contribution in [3.8, 4) is 5.75 Å². The molecule has 0 saturated carbocycles. The first kappa shape index (κ1) is 21.1. The van der Waals surface area contributed by atoms with Crippen LogP contribution in [0.3, 0.4) is 0 Å². The minimum atomic E-state index is -0.789. The molecular weight excluding hydrogens is 400 g/mol. The summed E-state index contributed by atoms with van der Waals surface area (Å²) in [5.74, 6) is -0.724. The average molecular weight is 425 g/mol. The predicted molar refractivity (Wildman–Crippen MR) is 125 cm³/mol. The first-order valence-electron chi connectivity index (χ1n) is 10.5. The lowest BCUT2D eigenvalue weighted by atomic mass is 9.91. The normalized spacial score (nSPS) is 11.7. The lowest BCUT2D eigenvalue weighted by Gasteiger charge is -2.20. The molecule has 0 aromatic heterocycles. The fourth-order valence-corrected chi connectivity index (χ4v) is 3.58. The van der Waals surface area contributed by atoms with Gasteiger partial charge in [-0.05, 0) is 41.0 Å². The Labute approximate surface area is 187 Å². The van der Waals surface area contributed by atoms with Crippen LogP contribution in [0.25, 0.3) is 10.8 Å². The van der Waals surface area contributed by atoms with E-state index in [2.05, 4.69) is 10.9 Å². The van der Waals surface area contributed by atoms with Crippen molar-refractivity contribution in [3.63, 3.8) is 0 Å². The highest BCUT2D eigenvalue weighted by Crippen LogP contribution is 2.24. The van der Waals surface area contributed by atoms with Crippen molar-refractivity contribution in [2.45, 2.75) is 18.9 Å². The van der Waals surface area contributed by atoms with Crippen LogP contribution >= 0.6 is 0 Å². The van der Waals surface area contributed by atoms with Gasteiger partial charge in [0.15, 0.2) is 6.10 Å². The summed E-state index contributed by atoms with van der Waals surface area (Å²) >= 11 is 0. The minimum absolute atomic E-state index is 0.325. The quantitative estimate of drug-likeness (QED) is 0.445. The number of hydrogen-bond acceptors (Lipinski definition) is 3. The molecule has 160 valence electrons. The number of fused-ring (bicyclic) bond motifs is 1. The van der Waals surface area contributed by atoms with E-state index in [4.69, 9.17) is 4.74 Å². The number of ether oxygens (including phenoxy) is 1. The van der Waals surface area contributed by atoms with Crippen molar-refractivity contribution < 1.29 is 14.3 Å². The van der Waals surface area contributed by atoms with Crippen LogP contribution in [-0.2, 0) is 9.59 Å². The highest BCUT2D eigenvalue weighted by atomic mass is 16.5. The minimum Gasteiger partial charge on any atom is -0.481 e. The van der Waals surface area contributed by atoms with Crippen LogP contribution in [0.2, 0.25) is 0 Å². The van der Waals surface area contributed by atoms with Crippen LogP contribution in [-0.4, -0.2) is 17.9 Å². The van der Waals surface area contributed by atoms with Gasteiger partial charge < -0.3 is 4.74 Å². The molecule has 0 saturated heterocycles. The molecule has 4 aromatic carbocycles. The summed E-state index contributed by atoms with van der Waals surface area (Å²) < 4.78 is 5.78. The van der Waals surface area contributed by atoms with Crippen molar-refractivity contribution in [1.29, 1.82) is 0 Å². The van der Waals surface area contributed by atoms with E-state index in [-0.39, 0.29) is 5.91 Å². The van der Waals surface area contributed by atoms with Crippen molar-refractivity contribution in [1.82, 2.24) is 10.9 Å². The third kappa shape index (κ3) is 4.95. The van der Waals surface area contributed by atoms with Crippen molar-refractivity contribution in [2.75, 3.05) is 0 Å². The molecular formula is C27H24N2O3. The molecule has 4 rings (SSSR count). The van der Waals surface area contributed by atoms with E-state index >= 15 is 0 Å². The topological polar surface area (TPSA) is 67.4 Å². The molecule has 32 heavy (non-hydrogen) atoms. The number of benzene rings is 4. The monoisotopic (exact) mass is 424 g/mol. The summed E-state index contributed by atoms with van der Waals surface area (Å²) in [5, 5.41) is 2.12. The van der Waals surface area contributed by atoms with Crippen molar-refractivity contribution in [2.24, 2.45) is 0 Å². The van der Waals surface area contributed by atoms with Crippen LogP contribution < -0.4 is 15.6 Å². The van der Waals surface area contributed by atoms with Gasteiger partial charge in [0.2, 0.25) is 5.91 Å². The zero-order valence-electron chi connectivity index (χ0n) is 17.7. The number of carbonyl (C=O) groups is 2. The summed E-state index contributed by atoms with van der Waals surface area (Å²) in [7, 11) is 0. The van der Waals surface area contributed by atoms with E-state index in [1.165, 1.54) is 0 Å². The van der Waals surface area contributed by atoms with Gasteiger partial charge in [-0.3, -0.25) is 20.4 Å². The second-order valence-electron chi connectivity index (χ2n) is 7.50. The maximum absolute atomic E-state index is 13.0. The number of rotatable bonds is 6. The third-order valence-corrected chi connectivity index (χ3v) is 5.24. The number of amides is 2. The first-order chi connectivity index (χ1) is 15.6. The first-order valence-corrected chi connectivity index (χ1v) is 10.5. The fourth-order valence-electron chi connectivity index (χ4n) is 3.58. The zero-order valence-corrected chi connectivity index (χ0v) is 17.7. The highest BCUT2D eigenvalue weighted by Gasteiger charge is 2.24. The molecule has 4 aromatic rings. The fraction of sp³-hybridized carbons (Fsp3) is 0.111. The number of hydrazine groups is 1. The van der Waals surface area contributed by atoms with Gasteiger partial charge >= 0.3 is 0 Å². The molecule has 0 spiro atoms. The molecule has 0 fully saturated rings. The standard InChI is InChI=1S/C27H24N2O3/c1-19(32-24-17-16-20-10-8-9-15-23(20)18-24)26(30)28-29-27(31)25(21-11-4-2-5-12-21)22-13-6-3-7-14-22/h2-19,25H,1H3,(H,28,30)(H,29,31). The predicted octanol–water partition coefficient (Wildman–Crippen LogP) is 4.59. The lowest BCUT2D eigenvalue weighted by Crippen LogP contribution is -2.48. The largest absolute Gasteiger partial charge is 0.481 e. The van der Waals surface area contributed by atoms with E-state index < -0.39 is 17.9 Å². The van der Waals surface area contributed by atoms with Gasteiger partial charge in [0, 0.05) is 0 Å². The van der Waals surface area contributed by atoms with Crippen LogP contribution in [0.1, 0.15) is 24.0 Å². The maximum atomic E-state index is 13.0. The summed E-state index contributed by atoms with van der Waals surface area (Å²) in [6, 6.07) is 32.5. The molecule has 0 heterocycles. The molecule has 0 bridgehead atoms. The highest BCUT2D eigenvalue weighted by molar-refractivity contribution is 5.90. The summed E-state index contributed by atoms with van der Waals surface area (Å²) in [6.07, 6.45) is -0.789. The Morgan fingerprint density at radius 1 is 0.656 bits per heavy atom. The molecule has 0 aliphatic rings. The smallest absolute Gasteiger partial charge is 0.279 e. The zero-order chi connectivity index (χ0) is 22.3. The van der Waals surface area contributed by atoms with Gasteiger partial charge in [-0.25, -0.2) is 0 Å². The average Bonchev–Trinajstić information content (AvgIpc) is 2.84. The van der Waals surface area contributed by atoms with Crippen LogP contribution in [0.15, 0.2) is 103 Å². The molecule has 0 aliphatic heterocycles. The molecule has 5 nitrogen and oxygen atoms in total. The van der Waals surface area contributed by atoms with E-state index in [1.54, 1.807) is 6.92 Å². The van der Waals surface area contributed by atoms with Gasteiger partial charge in [-0.15, -0.1) is 0 Å². The Kier molecular flexibility index (Phi) is 6.46. The molecule has 2 amide bonds. The Morgan fingerprint density at radius 2 is 1.19 bits per heavy atom. The Balaban J connectivity index is 1.41. The Morgan fingerprint density at radius 3 is 1.81 bits per heavy atom. The van der Waals surface area contributed by atoms with Gasteiger partial charge in [0.05, 0.1) is 5.92 Å². The van der Waals surface area contributed by atoms with Gasteiger partial charge in [-0.1, -0.05) is 91.0 Å². The van der Waals surface area contributed by atoms with Gasteiger partial charge in [-0.2, -0.15) is 0 Å². The molecule has 5 heteroatoms. The van der Waals surface area contributed by atoms with E-state index in [1.807, 2.05) is 103 Å². The second-order valence-corrected chi connectivity index (χ2v) is 7.50. The second kappa shape index (κ2) is 9.79. The van der Waals surface area contributed by atoms with Crippen LogP contribution in [0.5, 0.6) is 5.75 Å². The maximum Gasteiger partial charge on any atom is 0.279 e. The van der Waals surface area contributed by atoms with Gasteiger partial charge in [0.1, 0.15) is 5.75 Å². The summed E-state index contributed by atoms with van der Waals surface area (Å²) in [4.78, 5) is 25.6. The molecule has 0 aliphatic carbocycles. The lowest BCUT2D eigenvalue weighted by molar-refractivity contribution is -0.133. The van der Waals surface area contributed by atoms with E-state index in [0.717, 1.165) is 21.9 Å². The van der Waals surface area contributed by atoms with Crippen molar-refractivity contribution >= 4 is 22.6 Å². The molecule has 1 unspecified atom stereocenters. The van der Waals surface area contributed by atoms with E-state index in [9.17, 15) is 9.59 Å². The SMILES string of the molecule is CC(Oc1ccc2ccccc2c1)C(=O)NNC(=O)C(c1ccccc1)c1ccccc1. The van der Waals surface area contributed by atoms with Crippen LogP contribution in [0, 0.1) is 0 Å². The third-order valence-electron chi connectivity index (χ3n) is 5.24. The molecule has 1 atom stereocenters. The number of nitrogens with one attached hydrogen (secondary N) is 2. The molecule has 0 radical (unpaired) electrons. The molecule has 2 N–H and O–H groups in total. The number of hydrogen-bond donors (Lipinski definition) is 2. The van der Waals surface area contributed by atoms with Crippen LogP contribution in [0.4, 0.5) is 0 Å². The Bertz CT molecular complexity index is 1170. The summed E-state index contributed by atoms with van der Waals surface area (Å²) in [5.41, 5.74) is 6.73. The van der Waals surface area contributed by atoms with E-state index in [0.29, 0.717) is 5.75 Å². The van der Waals surface area contributed by atoms with Gasteiger partial charge in [0.25, 0.3) is 5.91 Å². The number of carbonyl (C=O) groups excluding carboxylic acids is 2. The Hall–Kier alpha value is -4.12. The summed E-state index contributed by atoms with van der Waals surface area (Å²) in [6.45, 7) is 1.64.